The fraction of sp³-hybridized carbons (Fsp3) is 0.562. The number of benzene rings is 2. The van der Waals surface area contributed by atoms with E-state index in [9.17, 15) is 30.0 Å². The van der Waals surface area contributed by atoms with E-state index in [1.54, 1.807) is 61.8 Å². The minimum atomic E-state index is -1.10. The van der Waals surface area contributed by atoms with Crippen molar-refractivity contribution in [3.05, 3.63) is 47.5 Å². The molecule has 0 heterocycles. The summed E-state index contributed by atoms with van der Waals surface area (Å²) in [4.78, 5) is 29.1. The van der Waals surface area contributed by atoms with Crippen LogP contribution in [0.25, 0.3) is 0 Å². The number of phenolic OH excluding ortho intramolecular Hbond substituents is 2. The highest BCUT2D eigenvalue weighted by Crippen LogP contribution is 2.33. The minimum absolute atomic E-state index is 0.0184. The number of hydrogen-bond acceptors (Lipinski definition) is 10. The third kappa shape index (κ3) is 9.46. The number of methoxy groups -OCH3 is 4. The van der Waals surface area contributed by atoms with E-state index in [1.807, 2.05) is 0 Å². The number of ether oxygens (including phenoxy) is 4. The van der Waals surface area contributed by atoms with Gasteiger partial charge in [-0.05, 0) is 36.4 Å². The van der Waals surface area contributed by atoms with Crippen molar-refractivity contribution in [1.82, 2.24) is 9.80 Å². The maximum Gasteiger partial charge on any atom is 0.321 e. The highest BCUT2D eigenvalue weighted by Gasteiger charge is 2.43. The van der Waals surface area contributed by atoms with Crippen LogP contribution in [-0.4, -0.2) is 109 Å². The molecule has 0 aliphatic carbocycles. The molecule has 0 bridgehead atoms. The number of rotatable bonds is 19. The summed E-state index contributed by atoms with van der Waals surface area (Å²) < 4.78 is 21.4. The van der Waals surface area contributed by atoms with Crippen molar-refractivity contribution in [2.75, 3.05) is 54.7 Å². The van der Waals surface area contributed by atoms with E-state index < -0.39 is 34.9 Å². The zero-order chi connectivity index (χ0) is 33.2. The summed E-state index contributed by atoms with van der Waals surface area (Å²) in [6.07, 6.45) is 0. The van der Waals surface area contributed by atoms with Crippen LogP contribution in [0.3, 0.4) is 0 Å². The first-order valence-electron chi connectivity index (χ1n) is 14.2. The Morgan fingerprint density at radius 1 is 0.682 bits per heavy atom. The van der Waals surface area contributed by atoms with Gasteiger partial charge in [0.05, 0.1) is 27.4 Å². The molecular weight excluding hydrogens is 572 g/mol. The van der Waals surface area contributed by atoms with Crippen molar-refractivity contribution in [2.24, 2.45) is 10.8 Å². The van der Waals surface area contributed by atoms with Crippen LogP contribution >= 0.6 is 0 Å². The zero-order valence-electron chi connectivity index (χ0n) is 27.0. The molecule has 246 valence electrons. The van der Waals surface area contributed by atoms with Gasteiger partial charge < -0.3 is 39.4 Å². The molecule has 2 rings (SSSR count). The van der Waals surface area contributed by atoms with Crippen LogP contribution in [0, 0.1) is 10.8 Å². The van der Waals surface area contributed by atoms with E-state index in [2.05, 4.69) is 0 Å². The average molecular weight is 621 g/mol. The van der Waals surface area contributed by atoms with Gasteiger partial charge in [0.25, 0.3) is 0 Å². The molecule has 12 heteroatoms. The molecule has 0 aromatic heterocycles. The van der Waals surface area contributed by atoms with Gasteiger partial charge in [0.2, 0.25) is 0 Å². The Kier molecular flexibility index (Phi) is 13.3. The van der Waals surface area contributed by atoms with E-state index in [0.29, 0.717) is 22.6 Å². The minimum Gasteiger partial charge on any atom is -0.508 e. The number of carboxylic acid groups (broad SMARTS) is 2. The number of aromatic hydroxyl groups is 2. The molecule has 0 fully saturated rings. The Morgan fingerprint density at radius 2 is 1.02 bits per heavy atom. The lowest BCUT2D eigenvalue weighted by Crippen LogP contribution is -2.56. The van der Waals surface area contributed by atoms with Gasteiger partial charge in [0.1, 0.15) is 35.1 Å². The number of phenols is 2. The zero-order valence-corrected chi connectivity index (χ0v) is 27.0. The number of aliphatic carboxylic acids is 2. The largest absolute Gasteiger partial charge is 0.508 e. The van der Waals surface area contributed by atoms with E-state index in [4.69, 9.17) is 18.9 Å². The fourth-order valence-electron chi connectivity index (χ4n) is 5.80. The van der Waals surface area contributed by atoms with Gasteiger partial charge in [-0.15, -0.1) is 0 Å². The molecule has 0 aliphatic heterocycles. The smallest absolute Gasteiger partial charge is 0.321 e. The summed E-state index contributed by atoms with van der Waals surface area (Å²) in [5.74, 6) is -1.28. The lowest BCUT2D eigenvalue weighted by molar-refractivity contribution is -0.154. The summed E-state index contributed by atoms with van der Waals surface area (Å²) in [7, 11) is 5.98. The molecule has 0 aliphatic rings. The molecule has 2 atom stereocenters. The summed E-state index contributed by atoms with van der Waals surface area (Å²) in [6.45, 7) is 7.58. The fourth-order valence-corrected chi connectivity index (χ4v) is 5.80. The molecule has 0 saturated carbocycles. The van der Waals surface area contributed by atoms with Crippen LogP contribution in [0.2, 0.25) is 0 Å². The standard InChI is InChI=1S/C32H48N2O10/c1-31(2,19-41-5)27(29(37)38)33(17-21-15-23(43-7)9-11-25(21)35)13-14-34(28(30(39)40)32(3,4)20-42-6)18-22-16-24(44-8)10-12-26(22)36/h9-12,15-16,27-28,35-36H,13-14,17-20H2,1-8H3,(H,37,38)(H,39,40). The van der Waals surface area contributed by atoms with Crippen molar-refractivity contribution >= 4 is 11.9 Å². The first-order chi connectivity index (χ1) is 20.6. The van der Waals surface area contributed by atoms with Crippen LogP contribution in [-0.2, 0) is 32.2 Å². The molecule has 12 nitrogen and oxygen atoms in total. The Balaban J connectivity index is 2.65. The Bertz CT molecular complexity index is 1150. The second kappa shape index (κ2) is 15.9. The van der Waals surface area contributed by atoms with Crippen molar-refractivity contribution in [2.45, 2.75) is 52.9 Å². The highest BCUT2D eigenvalue weighted by molar-refractivity contribution is 5.75. The second-order valence-electron chi connectivity index (χ2n) is 12.3. The quantitative estimate of drug-likeness (QED) is 0.181. The molecule has 0 amide bonds. The highest BCUT2D eigenvalue weighted by atomic mass is 16.5. The van der Waals surface area contributed by atoms with Crippen LogP contribution < -0.4 is 9.47 Å². The van der Waals surface area contributed by atoms with Gasteiger partial charge in [-0.2, -0.15) is 0 Å². The third-order valence-electron chi connectivity index (χ3n) is 7.71. The Labute approximate surface area is 259 Å². The molecule has 0 saturated heterocycles. The molecule has 44 heavy (non-hydrogen) atoms. The normalized spacial score (nSPS) is 13.6. The van der Waals surface area contributed by atoms with Crippen LogP contribution in [0.15, 0.2) is 36.4 Å². The summed E-state index contributed by atoms with van der Waals surface area (Å²) in [5, 5.41) is 42.4. The van der Waals surface area contributed by atoms with Crippen molar-refractivity contribution in [3.63, 3.8) is 0 Å². The van der Waals surface area contributed by atoms with Gasteiger partial charge in [-0.25, -0.2) is 0 Å². The molecule has 2 aromatic rings. The lowest BCUT2D eigenvalue weighted by atomic mass is 9.83. The van der Waals surface area contributed by atoms with Gasteiger partial charge in [0, 0.05) is 62.4 Å². The summed E-state index contributed by atoms with van der Waals surface area (Å²) >= 11 is 0. The average Bonchev–Trinajstić information content (AvgIpc) is 2.92. The van der Waals surface area contributed by atoms with Crippen LogP contribution in [0.4, 0.5) is 0 Å². The first-order valence-corrected chi connectivity index (χ1v) is 14.2. The van der Waals surface area contributed by atoms with Crippen molar-refractivity contribution in [3.8, 4) is 23.0 Å². The van der Waals surface area contributed by atoms with Crippen LogP contribution in [0.1, 0.15) is 38.8 Å². The monoisotopic (exact) mass is 620 g/mol. The third-order valence-corrected chi connectivity index (χ3v) is 7.71. The summed E-state index contributed by atoms with van der Waals surface area (Å²) in [6, 6.07) is 7.26. The van der Waals surface area contributed by atoms with E-state index in [0.717, 1.165) is 0 Å². The molecule has 0 spiro atoms. The maximum absolute atomic E-state index is 12.8. The van der Waals surface area contributed by atoms with E-state index in [-0.39, 0.29) is 50.9 Å². The topological polar surface area (TPSA) is 158 Å². The van der Waals surface area contributed by atoms with Crippen LogP contribution in [0.5, 0.6) is 23.0 Å². The van der Waals surface area contributed by atoms with Gasteiger partial charge in [-0.1, -0.05) is 27.7 Å². The van der Waals surface area contributed by atoms with E-state index in [1.165, 1.54) is 40.6 Å². The Morgan fingerprint density at radius 3 is 1.30 bits per heavy atom. The number of hydrogen-bond donors (Lipinski definition) is 4. The Hall–Kier alpha value is -3.58. The maximum atomic E-state index is 12.8. The van der Waals surface area contributed by atoms with E-state index >= 15 is 0 Å². The molecular formula is C32H48N2O10. The molecule has 2 unspecified atom stereocenters. The number of carboxylic acids is 2. The van der Waals surface area contributed by atoms with Crippen molar-refractivity contribution < 1.29 is 49.0 Å². The first kappa shape index (κ1) is 36.6. The SMILES string of the molecule is COCC(C)(C)C(C(=O)O)N(CCN(Cc1cc(OC)ccc1O)C(C(=O)O)C(C)(C)COC)Cc1cc(OC)ccc1O. The number of carbonyl (C=O) groups is 2. The van der Waals surface area contributed by atoms with Gasteiger partial charge >= 0.3 is 11.9 Å². The number of nitrogens with zero attached hydrogens (tertiary/aromatic N) is 2. The molecule has 2 aromatic carbocycles. The van der Waals surface area contributed by atoms with Gasteiger partial charge in [0.15, 0.2) is 0 Å². The second-order valence-corrected chi connectivity index (χ2v) is 12.3. The van der Waals surface area contributed by atoms with Crippen molar-refractivity contribution in [1.29, 1.82) is 0 Å². The predicted octanol–water partition coefficient (Wildman–Crippen LogP) is 3.67. The molecule has 0 radical (unpaired) electrons. The van der Waals surface area contributed by atoms with Gasteiger partial charge in [-0.3, -0.25) is 19.4 Å². The predicted molar refractivity (Wildman–Crippen MR) is 164 cm³/mol. The molecule has 4 N–H and O–H groups in total. The summed E-state index contributed by atoms with van der Waals surface area (Å²) in [5.41, 5.74) is -0.885. The lowest BCUT2D eigenvalue weighted by Gasteiger charge is -2.42.